The lowest BCUT2D eigenvalue weighted by atomic mass is 9.77. The van der Waals surface area contributed by atoms with E-state index in [-0.39, 0.29) is 11.3 Å². The Hall–Kier alpha value is -3.75. The first-order chi connectivity index (χ1) is 16.0. The van der Waals surface area contributed by atoms with Crippen LogP contribution in [0.3, 0.4) is 0 Å². The molecule has 33 heavy (non-hydrogen) atoms. The average Bonchev–Trinajstić information content (AvgIpc) is 3.17. The molecule has 8 heteroatoms. The van der Waals surface area contributed by atoms with E-state index in [9.17, 15) is 8.78 Å². The van der Waals surface area contributed by atoms with E-state index in [1.54, 1.807) is 30.7 Å². The first kappa shape index (κ1) is 21.1. The number of pyridine rings is 1. The summed E-state index contributed by atoms with van der Waals surface area (Å²) in [5.41, 5.74) is 9.90. The van der Waals surface area contributed by atoms with Gasteiger partial charge in [-0.15, -0.1) is 0 Å². The number of hydrogen-bond donors (Lipinski definition) is 2. The van der Waals surface area contributed by atoms with Crippen molar-refractivity contribution in [2.75, 3.05) is 7.11 Å². The molecule has 0 bridgehead atoms. The molecule has 0 amide bonds. The third-order valence-corrected chi connectivity index (χ3v) is 6.00. The molecule has 1 aliphatic rings. The molecular formula is C25H21F2N5O. The van der Waals surface area contributed by atoms with Gasteiger partial charge < -0.3 is 10.5 Å². The van der Waals surface area contributed by atoms with Crippen LogP contribution >= 0.6 is 0 Å². The number of nitrogens with zero attached hydrogens (tertiary/aromatic N) is 3. The second-order valence-corrected chi connectivity index (χ2v) is 7.77. The Labute approximate surface area is 189 Å². The Morgan fingerprint density at radius 2 is 1.79 bits per heavy atom. The number of alkyl halides is 2. The van der Waals surface area contributed by atoms with Crippen molar-refractivity contribution in [3.05, 3.63) is 107 Å². The van der Waals surface area contributed by atoms with Crippen molar-refractivity contribution in [2.24, 2.45) is 5.73 Å². The zero-order valence-electron chi connectivity index (χ0n) is 17.7. The van der Waals surface area contributed by atoms with Crippen LogP contribution in [0.4, 0.5) is 8.78 Å². The van der Waals surface area contributed by atoms with E-state index in [1.807, 2.05) is 36.4 Å². The van der Waals surface area contributed by atoms with Gasteiger partial charge >= 0.3 is 0 Å². The summed E-state index contributed by atoms with van der Waals surface area (Å²) in [4.78, 5) is 12.7. The van der Waals surface area contributed by atoms with Crippen molar-refractivity contribution in [1.82, 2.24) is 20.3 Å². The Kier molecular flexibility index (Phi) is 5.32. The third kappa shape index (κ3) is 3.44. The molecule has 2 aromatic carbocycles. The van der Waals surface area contributed by atoms with Crippen LogP contribution in [-0.2, 0) is 5.54 Å². The molecule has 5 rings (SSSR count). The quantitative estimate of drug-likeness (QED) is 0.475. The monoisotopic (exact) mass is 445 g/mol. The highest BCUT2D eigenvalue weighted by Gasteiger charge is 2.46. The standard InChI is InChI=1S/C25H21F2N5O/c1-33-21-8-7-18(11-19(21)23(26)27)25(20-6-3-9-31-22(20)24(28)32-25)17-5-2-4-15(10-17)16-12-29-14-30-13-16/h2-14,23-24,32H,28H2,1H3. The minimum atomic E-state index is -2.70. The predicted octanol–water partition coefficient (Wildman–Crippen LogP) is 4.34. The first-order valence-corrected chi connectivity index (χ1v) is 10.4. The lowest BCUT2D eigenvalue weighted by molar-refractivity contribution is 0.147. The summed E-state index contributed by atoms with van der Waals surface area (Å²) in [6.07, 6.45) is 3.31. The van der Waals surface area contributed by atoms with Gasteiger partial charge in [0.1, 0.15) is 18.2 Å². The Morgan fingerprint density at radius 3 is 2.55 bits per heavy atom. The second kappa shape index (κ2) is 8.31. The summed E-state index contributed by atoms with van der Waals surface area (Å²) in [7, 11) is 1.38. The van der Waals surface area contributed by atoms with Gasteiger partial charge in [0.25, 0.3) is 6.43 Å². The predicted molar refractivity (Wildman–Crippen MR) is 120 cm³/mol. The van der Waals surface area contributed by atoms with Crippen LogP contribution in [0, 0.1) is 0 Å². The lowest BCUT2D eigenvalue weighted by Gasteiger charge is -2.33. The third-order valence-electron chi connectivity index (χ3n) is 6.00. The van der Waals surface area contributed by atoms with Gasteiger partial charge in [-0.2, -0.15) is 0 Å². The van der Waals surface area contributed by atoms with Crippen molar-refractivity contribution in [3.8, 4) is 16.9 Å². The second-order valence-electron chi connectivity index (χ2n) is 7.77. The fourth-order valence-electron chi connectivity index (χ4n) is 4.52. The molecule has 0 fully saturated rings. The van der Waals surface area contributed by atoms with Crippen molar-refractivity contribution in [1.29, 1.82) is 0 Å². The van der Waals surface area contributed by atoms with E-state index in [1.165, 1.54) is 19.5 Å². The lowest BCUT2D eigenvalue weighted by Crippen LogP contribution is -2.42. The van der Waals surface area contributed by atoms with Crippen LogP contribution in [-0.4, -0.2) is 22.1 Å². The number of hydrogen-bond acceptors (Lipinski definition) is 6. The van der Waals surface area contributed by atoms with E-state index in [4.69, 9.17) is 10.5 Å². The van der Waals surface area contributed by atoms with Crippen LogP contribution in [0.15, 0.2) is 79.5 Å². The average molecular weight is 445 g/mol. The molecule has 166 valence electrons. The Bertz CT molecular complexity index is 1300. The molecule has 0 spiro atoms. The Balaban J connectivity index is 1.78. The number of methoxy groups -OCH3 is 1. The summed E-state index contributed by atoms with van der Waals surface area (Å²) in [5.74, 6) is 0.132. The highest BCUT2D eigenvalue weighted by molar-refractivity contribution is 5.65. The summed E-state index contributed by atoms with van der Waals surface area (Å²) in [6.45, 7) is 0. The van der Waals surface area contributed by atoms with Gasteiger partial charge in [0.15, 0.2) is 0 Å². The molecule has 2 atom stereocenters. The van der Waals surface area contributed by atoms with Crippen LogP contribution in [0.2, 0.25) is 0 Å². The van der Waals surface area contributed by atoms with Gasteiger partial charge in [-0.05, 0) is 41.0 Å². The molecule has 3 heterocycles. The molecule has 0 saturated heterocycles. The van der Waals surface area contributed by atoms with Gasteiger partial charge in [-0.25, -0.2) is 18.7 Å². The maximum atomic E-state index is 13.9. The van der Waals surface area contributed by atoms with Gasteiger partial charge in [0.2, 0.25) is 0 Å². The van der Waals surface area contributed by atoms with E-state index >= 15 is 0 Å². The fourth-order valence-corrected chi connectivity index (χ4v) is 4.52. The van der Waals surface area contributed by atoms with Crippen LogP contribution in [0.5, 0.6) is 5.75 Å². The number of fused-ring (bicyclic) bond motifs is 1. The maximum Gasteiger partial charge on any atom is 0.267 e. The van der Waals surface area contributed by atoms with Crippen molar-refractivity contribution < 1.29 is 13.5 Å². The largest absolute Gasteiger partial charge is 0.496 e. The molecule has 0 radical (unpaired) electrons. The number of nitrogens with two attached hydrogens (primary N) is 1. The van der Waals surface area contributed by atoms with Crippen molar-refractivity contribution in [3.63, 3.8) is 0 Å². The van der Waals surface area contributed by atoms with Gasteiger partial charge in [0.05, 0.1) is 23.9 Å². The molecule has 3 N–H and O–H groups in total. The Morgan fingerprint density at radius 1 is 1.00 bits per heavy atom. The zero-order valence-corrected chi connectivity index (χ0v) is 17.7. The minimum Gasteiger partial charge on any atom is -0.496 e. The van der Waals surface area contributed by atoms with E-state index in [0.29, 0.717) is 11.3 Å². The van der Waals surface area contributed by atoms with Crippen LogP contribution in [0.1, 0.15) is 40.5 Å². The molecule has 1 aliphatic heterocycles. The van der Waals surface area contributed by atoms with Crippen molar-refractivity contribution >= 4 is 0 Å². The normalized spacial score (nSPS) is 19.5. The zero-order chi connectivity index (χ0) is 23.0. The highest BCUT2D eigenvalue weighted by atomic mass is 19.3. The molecular weight excluding hydrogens is 424 g/mol. The summed E-state index contributed by atoms with van der Waals surface area (Å²) in [6, 6.07) is 16.4. The fraction of sp³-hybridized carbons (Fsp3) is 0.160. The number of ether oxygens (including phenoxy) is 1. The van der Waals surface area contributed by atoms with Crippen molar-refractivity contribution in [2.45, 2.75) is 18.1 Å². The van der Waals surface area contributed by atoms with E-state index < -0.39 is 18.1 Å². The minimum absolute atomic E-state index is 0.132. The van der Waals surface area contributed by atoms with Gasteiger partial charge in [-0.1, -0.05) is 30.3 Å². The molecule has 0 aliphatic carbocycles. The topological polar surface area (TPSA) is 86.0 Å². The molecule has 2 unspecified atom stereocenters. The van der Waals surface area contributed by atoms with Gasteiger partial charge in [-0.3, -0.25) is 10.3 Å². The molecule has 4 aromatic rings. The number of halogens is 2. The smallest absolute Gasteiger partial charge is 0.267 e. The maximum absolute atomic E-state index is 13.9. The highest BCUT2D eigenvalue weighted by Crippen LogP contribution is 2.46. The van der Waals surface area contributed by atoms with E-state index in [2.05, 4.69) is 20.3 Å². The summed E-state index contributed by atoms with van der Waals surface area (Å²) < 4.78 is 33.0. The summed E-state index contributed by atoms with van der Waals surface area (Å²) in [5, 5.41) is 3.45. The van der Waals surface area contributed by atoms with Crippen LogP contribution < -0.4 is 15.8 Å². The molecule has 6 nitrogen and oxygen atoms in total. The van der Waals surface area contributed by atoms with Crippen LogP contribution in [0.25, 0.3) is 11.1 Å². The number of benzene rings is 2. The molecule has 0 saturated carbocycles. The SMILES string of the molecule is COc1ccc(C2(c3cccc(-c4cncnc4)c3)NC(N)c3ncccc32)cc1C(F)F. The number of aromatic nitrogens is 3. The summed E-state index contributed by atoms with van der Waals surface area (Å²) >= 11 is 0. The van der Waals surface area contributed by atoms with E-state index in [0.717, 1.165) is 22.3 Å². The number of rotatable bonds is 5. The molecule has 2 aromatic heterocycles. The number of nitrogens with one attached hydrogen (secondary N) is 1. The first-order valence-electron chi connectivity index (χ1n) is 10.4. The van der Waals surface area contributed by atoms with Gasteiger partial charge in [0, 0.05) is 29.7 Å².